The number of aliphatic carboxylic acids is 1. The SMILES string of the molecule is CCC1CCC(C2CC=C(c3cnc(-c4ccc(CN(CC(=O)O)C(=O)c5ccc(NC(=O)CCc6ccc(OC)cc6)cc5)cc4)nc3)CC2)CC1. The predicted molar refractivity (Wildman–Crippen MR) is 207 cm³/mol. The lowest BCUT2D eigenvalue weighted by Crippen LogP contribution is -2.35. The molecule has 3 aromatic carbocycles. The van der Waals surface area contributed by atoms with Gasteiger partial charge in [-0.1, -0.05) is 68.7 Å². The predicted octanol–water partition coefficient (Wildman–Crippen LogP) is 8.85. The summed E-state index contributed by atoms with van der Waals surface area (Å²) in [5.74, 6) is 2.33. The first kappa shape index (κ1) is 37.4. The Morgan fingerprint density at radius 3 is 2.11 bits per heavy atom. The molecule has 2 amide bonds. The smallest absolute Gasteiger partial charge is 0.323 e. The highest BCUT2D eigenvalue weighted by molar-refractivity contribution is 5.97. The summed E-state index contributed by atoms with van der Waals surface area (Å²) in [6.45, 7) is 1.99. The summed E-state index contributed by atoms with van der Waals surface area (Å²) in [6, 6.07) is 21.6. The van der Waals surface area contributed by atoms with E-state index in [4.69, 9.17) is 4.74 Å². The summed E-state index contributed by atoms with van der Waals surface area (Å²) in [7, 11) is 1.61. The van der Waals surface area contributed by atoms with Crippen molar-refractivity contribution >= 4 is 29.0 Å². The van der Waals surface area contributed by atoms with Crippen LogP contribution in [-0.4, -0.2) is 51.4 Å². The molecule has 9 nitrogen and oxygen atoms in total. The van der Waals surface area contributed by atoms with Gasteiger partial charge < -0.3 is 20.1 Å². The highest BCUT2D eigenvalue weighted by Gasteiger charge is 2.28. The number of carbonyl (C=O) groups excluding carboxylic acids is 2. The molecule has 1 saturated carbocycles. The lowest BCUT2D eigenvalue weighted by Gasteiger charge is -2.35. The standard InChI is InChI=1S/C44H50N4O5/c1-3-30-4-11-33(12-5-30)34-15-17-35(18-16-34)38-26-45-43(46-27-38)36-13-6-32(7-14-36)28-48(29-42(50)51)44(52)37-19-21-39(22-20-37)47-41(49)25-10-31-8-23-40(53-2)24-9-31/h6-9,13-14,17,19-24,26-27,30,33-34H,3-5,10-12,15-16,18,25,28-29H2,1-2H3,(H,47,49)(H,50,51). The minimum atomic E-state index is -1.10. The highest BCUT2D eigenvalue weighted by atomic mass is 16.5. The molecule has 2 aliphatic rings. The molecule has 6 rings (SSSR count). The topological polar surface area (TPSA) is 122 Å². The normalized spacial score (nSPS) is 18.5. The number of carboxylic acids is 1. The van der Waals surface area contributed by atoms with E-state index in [0.29, 0.717) is 29.9 Å². The fourth-order valence-corrected chi connectivity index (χ4v) is 7.75. The number of amides is 2. The Morgan fingerprint density at radius 1 is 0.830 bits per heavy atom. The Kier molecular flexibility index (Phi) is 12.7. The number of rotatable bonds is 14. The first-order valence-corrected chi connectivity index (χ1v) is 18.9. The molecule has 0 bridgehead atoms. The van der Waals surface area contributed by atoms with Gasteiger partial charge in [0.2, 0.25) is 5.91 Å². The van der Waals surface area contributed by atoms with Gasteiger partial charge in [-0.2, -0.15) is 0 Å². The van der Waals surface area contributed by atoms with Crippen molar-refractivity contribution in [2.45, 2.75) is 77.7 Å². The molecule has 1 atom stereocenters. The summed E-state index contributed by atoms with van der Waals surface area (Å²) in [5.41, 5.74) is 5.97. The molecule has 0 spiro atoms. The fourth-order valence-electron chi connectivity index (χ4n) is 7.75. The number of nitrogens with one attached hydrogen (secondary N) is 1. The highest BCUT2D eigenvalue weighted by Crippen LogP contribution is 2.41. The second-order valence-corrected chi connectivity index (χ2v) is 14.5. The number of carbonyl (C=O) groups is 3. The third-order valence-corrected chi connectivity index (χ3v) is 11.0. The van der Waals surface area contributed by atoms with E-state index in [0.717, 1.165) is 58.6 Å². The van der Waals surface area contributed by atoms with E-state index >= 15 is 0 Å². The van der Waals surface area contributed by atoms with Crippen LogP contribution in [0.25, 0.3) is 17.0 Å². The molecule has 1 fully saturated rings. The van der Waals surface area contributed by atoms with Gasteiger partial charge in [-0.05, 0) is 109 Å². The molecule has 9 heteroatoms. The molecule has 0 saturated heterocycles. The molecule has 276 valence electrons. The van der Waals surface area contributed by atoms with Gasteiger partial charge >= 0.3 is 5.97 Å². The van der Waals surface area contributed by atoms with Crippen LogP contribution in [0.3, 0.4) is 0 Å². The average molecular weight is 715 g/mol. The van der Waals surface area contributed by atoms with Crippen LogP contribution < -0.4 is 10.1 Å². The molecule has 0 radical (unpaired) electrons. The molecule has 2 N–H and O–H groups in total. The first-order valence-electron chi connectivity index (χ1n) is 18.9. The van der Waals surface area contributed by atoms with E-state index in [2.05, 4.69) is 28.3 Å². The maximum absolute atomic E-state index is 13.4. The van der Waals surface area contributed by atoms with Gasteiger partial charge in [0.05, 0.1) is 7.11 Å². The first-order chi connectivity index (χ1) is 25.8. The van der Waals surface area contributed by atoms with Gasteiger partial charge in [-0.15, -0.1) is 0 Å². The summed E-state index contributed by atoms with van der Waals surface area (Å²) >= 11 is 0. The third-order valence-electron chi connectivity index (χ3n) is 11.0. The zero-order valence-corrected chi connectivity index (χ0v) is 30.8. The molecule has 53 heavy (non-hydrogen) atoms. The summed E-state index contributed by atoms with van der Waals surface area (Å²) in [5, 5.41) is 12.5. The number of aromatic nitrogens is 2. The lowest BCUT2D eigenvalue weighted by atomic mass is 9.71. The quantitative estimate of drug-likeness (QED) is 0.134. The Hall–Kier alpha value is -5.31. The number of hydrogen-bond donors (Lipinski definition) is 2. The third kappa shape index (κ3) is 10.2. The zero-order valence-electron chi connectivity index (χ0n) is 30.8. The van der Waals surface area contributed by atoms with Crippen LogP contribution in [0, 0.1) is 17.8 Å². The second-order valence-electron chi connectivity index (χ2n) is 14.5. The zero-order chi connectivity index (χ0) is 37.2. The summed E-state index contributed by atoms with van der Waals surface area (Å²) < 4.78 is 5.18. The molecule has 1 heterocycles. The summed E-state index contributed by atoms with van der Waals surface area (Å²) in [6.07, 6.45) is 17.5. The number of ether oxygens (including phenoxy) is 1. The number of carboxylic acid groups (broad SMARTS) is 1. The van der Waals surface area contributed by atoms with Crippen molar-refractivity contribution in [1.29, 1.82) is 0 Å². The summed E-state index contributed by atoms with van der Waals surface area (Å²) in [4.78, 5) is 48.4. The van der Waals surface area contributed by atoms with Crippen LogP contribution >= 0.6 is 0 Å². The molecule has 2 aliphatic carbocycles. The van der Waals surface area contributed by atoms with Crippen molar-refractivity contribution in [3.05, 3.63) is 114 Å². The van der Waals surface area contributed by atoms with Gasteiger partial charge in [0.15, 0.2) is 5.82 Å². The molecule has 1 aromatic heterocycles. The van der Waals surface area contributed by atoms with E-state index in [9.17, 15) is 19.5 Å². The number of anilines is 1. The largest absolute Gasteiger partial charge is 0.497 e. The average Bonchev–Trinajstić information content (AvgIpc) is 3.20. The van der Waals surface area contributed by atoms with Crippen LogP contribution in [0.2, 0.25) is 0 Å². The number of hydrogen-bond acceptors (Lipinski definition) is 6. The van der Waals surface area contributed by atoms with E-state index in [1.807, 2.05) is 60.9 Å². The number of allylic oxidation sites excluding steroid dienone is 2. The van der Waals surface area contributed by atoms with Crippen molar-refractivity contribution in [2.24, 2.45) is 17.8 Å². The number of methoxy groups -OCH3 is 1. The minimum Gasteiger partial charge on any atom is -0.497 e. The van der Waals surface area contributed by atoms with Gasteiger partial charge in [-0.3, -0.25) is 14.4 Å². The van der Waals surface area contributed by atoms with Crippen LogP contribution in [0.1, 0.15) is 91.8 Å². The minimum absolute atomic E-state index is 0.115. The van der Waals surface area contributed by atoms with Crippen LogP contribution in [0.5, 0.6) is 5.75 Å². The van der Waals surface area contributed by atoms with Crippen molar-refractivity contribution in [1.82, 2.24) is 14.9 Å². The van der Waals surface area contributed by atoms with Gasteiger partial charge in [-0.25, -0.2) is 9.97 Å². The van der Waals surface area contributed by atoms with Gasteiger partial charge in [0, 0.05) is 47.7 Å². The van der Waals surface area contributed by atoms with E-state index in [-0.39, 0.29) is 12.5 Å². The maximum Gasteiger partial charge on any atom is 0.323 e. The molecular formula is C44H50N4O5. The molecule has 4 aromatic rings. The monoisotopic (exact) mass is 714 g/mol. The van der Waals surface area contributed by atoms with Crippen molar-refractivity contribution in [3.63, 3.8) is 0 Å². The van der Waals surface area contributed by atoms with Crippen molar-refractivity contribution in [3.8, 4) is 17.1 Å². The number of nitrogens with zero attached hydrogens (tertiary/aromatic N) is 3. The number of aryl methyl sites for hydroxylation is 1. The van der Waals surface area contributed by atoms with Gasteiger partial charge in [0.1, 0.15) is 12.3 Å². The molecular weight excluding hydrogens is 665 g/mol. The fraction of sp³-hybridized carbons (Fsp3) is 0.386. The molecule has 1 unspecified atom stereocenters. The Morgan fingerprint density at radius 2 is 1.51 bits per heavy atom. The van der Waals surface area contributed by atoms with Crippen LogP contribution in [0.15, 0.2) is 91.3 Å². The molecule has 0 aliphatic heterocycles. The lowest BCUT2D eigenvalue weighted by molar-refractivity contribution is -0.137. The van der Waals surface area contributed by atoms with E-state index < -0.39 is 18.4 Å². The van der Waals surface area contributed by atoms with E-state index in [1.165, 1.54) is 49.0 Å². The Bertz CT molecular complexity index is 1860. The second kappa shape index (κ2) is 17.9. The Labute approximate surface area is 312 Å². The Balaban J connectivity index is 1.01. The maximum atomic E-state index is 13.4. The van der Waals surface area contributed by atoms with Crippen molar-refractivity contribution in [2.75, 3.05) is 19.0 Å². The van der Waals surface area contributed by atoms with Crippen LogP contribution in [0.4, 0.5) is 5.69 Å². The van der Waals surface area contributed by atoms with Crippen LogP contribution in [-0.2, 0) is 22.6 Å². The van der Waals surface area contributed by atoms with E-state index in [1.54, 1.807) is 31.4 Å². The van der Waals surface area contributed by atoms with Gasteiger partial charge in [0.25, 0.3) is 5.91 Å². The van der Waals surface area contributed by atoms with Crippen molar-refractivity contribution < 1.29 is 24.2 Å². The number of benzene rings is 3.